The van der Waals surface area contributed by atoms with Gasteiger partial charge in [-0.25, -0.2) is 13.1 Å². The van der Waals surface area contributed by atoms with Crippen molar-refractivity contribution in [1.82, 2.24) is 4.72 Å². The Hall–Kier alpha value is -1.79. The van der Waals surface area contributed by atoms with Crippen molar-refractivity contribution in [2.45, 2.75) is 57.2 Å². The molecule has 2 aromatic rings. The van der Waals surface area contributed by atoms with Crippen molar-refractivity contribution in [2.24, 2.45) is 5.92 Å². The highest BCUT2D eigenvalue weighted by atomic mass is 32.2. The zero-order chi connectivity index (χ0) is 19.5. The Balaban J connectivity index is 1.45. The number of hydrogen-bond acceptors (Lipinski definition) is 4. The minimum absolute atomic E-state index is 0.0676. The highest BCUT2D eigenvalue weighted by Gasteiger charge is 2.32. The minimum atomic E-state index is -3.27. The third-order valence-corrected chi connectivity index (χ3v) is 7.52. The van der Waals surface area contributed by atoms with Gasteiger partial charge >= 0.3 is 0 Å². The molecule has 0 amide bonds. The average molecular weight is 391 g/mol. The van der Waals surface area contributed by atoms with Crippen LogP contribution in [0.1, 0.15) is 46.5 Å². The molecule has 0 radical (unpaired) electrons. The van der Waals surface area contributed by atoms with Crippen molar-refractivity contribution in [3.8, 4) is 11.3 Å². The van der Waals surface area contributed by atoms with Gasteiger partial charge in [-0.1, -0.05) is 0 Å². The second-order valence-corrected chi connectivity index (χ2v) is 10.9. The van der Waals surface area contributed by atoms with Gasteiger partial charge in [0.25, 0.3) is 0 Å². The fraction of sp³-hybridized carbons (Fsp3) is 0.524. The van der Waals surface area contributed by atoms with Crippen molar-refractivity contribution >= 4 is 15.7 Å². The van der Waals surface area contributed by atoms with E-state index in [2.05, 4.69) is 34.3 Å². The lowest BCUT2D eigenvalue weighted by atomic mass is 9.86. The predicted molar refractivity (Wildman–Crippen MR) is 110 cm³/mol. The number of anilines is 1. The van der Waals surface area contributed by atoms with Crippen LogP contribution in [0.4, 0.5) is 5.69 Å². The molecule has 1 fully saturated rings. The van der Waals surface area contributed by atoms with Gasteiger partial charge in [0.2, 0.25) is 10.0 Å². The Bertz CT molecular complexity index is 813. The van der Waals surface area contributed by atoms with Crippen LogP contribution in [0.15, 0.2) is 47.1 Å². The lowest BCUT2D eigenvalue weighted by molar-refractivity contribution is 0.322. The van der Waals surface area contributed by atoms with Gasteiger partial charge in [0, 0.05) is 23.8 Å². The Kier molecular flexibility index (Phi) is 5.96. The van der Waals surface area contributed by atoms with E-state index in [0.717, 1.165) is 49.2 Å². The van der Waals surface area contributed by atoms with Gasteiger partial charge in [-0.2, -0.15) is 0 Å². The van der Waals surface area contributed by atoms with Crippen molar-refractivity contribution in [3.05, 3.63) is 42.7 Å². The average Bonchev–Trinajstić information content (AvgIpc) is 3.15. The fourth-order valence-corrected chi connectivity index (χ4v) is 4.37. The molecular weight excluding hydrogens is 360 g/mol. The van der Waals surface area contributed by atoms with E-state index in [1.165, 1.54) is 0 Å². The van der Waals surface area contributed by atoms with Crippen LogP contribution in [-0.4, -0.2) is 25.8 Å². The van der Waals surface area contributed by atoms with Gasteiger partial charge in [0.05, 0.1) is 11.0 Å². The van der Waals surface area contributed by atoms with Crippen molar-refractivity contribution in [3.63, 3.8) is 0 Å². The molecule has 1 aliphatic rings. The molecule has 0 bridgehead atoms. The molecule has 1 aromatic carbocycles. The summed E-state index contributed by atoms with van der Waals surface area (Å²) in [5.41, 5.74) is 2.16. The number of sulfonamides is 1. The Morgan fingerprint density at radius 2 is 1.70 bits per heavy atom. The molecule has 1 aromatic heterocycles. The molecule has 0 aliphatic heterocycles. The van der Waals surface area contributed by atoms with Gasteiger partial charge in [-0.15, -0.1) is 0 Å². The maximum absolute atomic E-state index is 12.3. The van der Waals surface area contributed by atoms with Crippen molar-refractivity contribution in [1.29, 1.82) is 0 Å². The van der Waals surface area contributed by atoms with Crippen molar-refractivity contribution in [2.75, 3.05) is 11.9 Å². The van der Waals surface area contributed by atoms with Crippen LogP contribution in [0, 0.1) is 5.92 Å². The zero-order valence-corrected chi connectivity index (χ0v) is 17.2. The summed E-state index contributed by atoms with van der Waals surface area (Å²) in [4.78, 5) is 0. The topological polar surface area (TPSA) is 71.3 Å². The van der Waals surface area contributed by atoms with Crippen LogP contribution in [0.25, 0.3) is 11.3 Å². The molecule has 1 aliphatic carbocycles. The molecular formula is C21H30N2O3S. The molecule has 0 unspecified atom stereocenters. The number of benzene rings is 1. The first-order valence-electron chi connectivity index (χ1n) is 9.64. The van der Waals surface area contributed by atoms with Gasteiger partial charge in [-0.05, 0) is 88.8 Å². The van der Waals surface area contributed by atoms with E-state index in [9.17, 15) is 8.42 Å². The van der Waals surface area contributed by atoms with Gasteiger partial charge in [0.1, 0.15) is 5.76 Å². The first-order chi connectivity index (χ1) is 12.7. The number of furan rings is 1. The van der Waals surface area contributed by atoms with Crippen LogP contribution in [0.5, 0.6) is 0 Å². The summed E-state index contributed by atoms with van der Waals surface area (Å²) in [6.07, 6.45) is 5.56. The summed E-state index contributed by atoms with van der Waals surface area (Å²) in [6.45, 7) is 6.13. The Morgan fingerprint density at radius 3 is 2.26 bits per heavy atom. The van der Waals surface area contributed by atoms with Gasteiger partial charge in [0.15, 0.2) is 0 Å². The monoisotopic (exact) mass is 390 g/mol. The molecule has 0 atom stereocenters. The quantitative estimate of drug-likeness (QED) is 0.754. The molecule has 27 heavy (non-hydrogen) atoms. The Morgan fingerprint density at radius 1 is 1.04 bits per heavy atom. The third-order valence-electron chi connectivity index (χ3n) is 5.26. The zero-order valence-electron chi connectivity index (χ0n) is 16.4. The first-order valence-corrected chi connectivity index (χ1v) is 11.1. The maximum Gasteiger partial charge on any atom is 0.216 e. The van der Waals surface area contributed by atoms with E-state index in [0.29, 0.717) is 5.92 Å². The minimum Gasteiger partial charge on any atom is -0.464 e. The molecule has 148 valence electrons. The molecule has 1 heterocycles. The summed E-state index contributed by atoms with van der Waals surface area (Å²) in [7, 11) is -3.27. The summed E-state index contributed by atoms with van der Waals surface area (Å²) >= 11 is 0. The number of nitrogens with one attached hydrogen (secondary N) is 2. The van der Waals surface area contributed by atoms with Crippen LogP contribution < -0.4 is 10.0 Å². The van der Waals surface area contributed by atoms with E-state index in [-0.39, 0.29) is 6.04 Å². The summed E-state index contributed by atoms with van der Waals surface area (Å²) < 4.78 is 32.1. The molecule has 5 nitrogen and oxygen atoms in total. The Labute approximate surface area is 162 Å². The van der Waals surface area contributed by atoms with E-state index in [1.807, 2.05) is 12.1 Å². The highest BCUT2D eigenvalue weighted by molar-refractivity contribution is 7.90. The van der Waals surface area contributed by atoms with Crippen LogP contribution in [0.2, 0.25) is 0 Å². The summed E-state index contributed by atoms with van der Waals surface area (Å²) in [5, 5.41) is 3.50. The second-order valence-electron chi connectivity index (χ2n) is 8.39. The smallest absolute Gasteiger partial charge is 0.216 e. The first kappa shape index (κ1) is 20.0. The second kappa shape index (κ2) is 8.07. The predicted octanol–water partition coefficient (Wildman–Crippen LogP) is 4.64. The number of hydrogen-bond donors (Lipinski definition) is 2. The van der Waals surface area contributed by atoms with Crippen LogP contribution >= 0.6 is 0 Å². The van der Waals surface area contributed by atoms with E-state index < -0.39 is 14.8 Å². The lowest BCUT2D eigenvalue weighted by Crippen LogP contribution is -2.46. The molecule has 3 rings (SSSR count). The normalized spacial score (nSPS) is 21.1. The summed E-state index contributed by atoms with van der Waals surface area (Å²) in [5.74, 6) is 1.45. The third kappa shape index (κ3) is 5.14. The van der Waals surface area contributed by atoms with E-state index >= 15 is 0 Å². The van der Waals surface area contributed by atoms with Crippen LogP contribution in [-0.2, 0) is 10.0 Å². The van der Waals surface area contributed by atoms with E-state index in [1.54, 1.807) is 27.0 Å². The SMILES string of the molecule is CC(C)(C)S(=O)(=O)NC1CCC(CNc2ccc(-c3ccco3)cc2)CC1. The van der Waals surface area contributed by atoms with E-state index in [4.69, 9.17) is 4.42 Å². The molecule has 2 N–H and O–H groups in total. The lowest BCUT2D eigenvalue weighted by Gasteiger charge is -2.31. The van der Waals surface area contributed by atoms with Crippen molar-refractivity contribution < 1.29 is 12.8 Å². The highest BCUT2D eigenvalue weighted by Crippen LogP contribution is 2.27. The largest absolute Gasteiger partial charge is 0.464 e. The molecule has 6 heteroatoms. The molecule has 0 saturated heterocycles. The van der Waals surface area contributed by atoms with Gasteiger partial charge < -0.3 is 9.73 Å². The summed E-state index contributed by atoms with van der Waals surface area (Å²) in [6, 6.07) is 12.2. The standard InChI is InChI=1S/C21H30N2O3S/c1-21(2,3)27(24,25)23-19-10-6-16(7-11-19)15-22-18-12-8-17(9-13-18)20-5-4-14-26-20/h4-5,8-9,12-14,16,19,22-23H,6-7,10-11,15H2,1-3H3. The van der Waals surface area contributed by atoms with Gasteiger partial charge in [-0.3, -0.25) is 0 Å². The molecule has 1 saturated carbocycles. The van der Waals surface area contributed by atoms with Crippen LogP contribution in [0.3, 0.4) is 0 Å². The molecule has 0 spiro atoms. The fourth-order valence-electron chi connectivity index (χ4n) is 3.34. The number of rotatable bonds is 6. The maximum atomic E-state index is 12.3.